The molecule has 0 spiro atoms. The van der Waals surface area contributed by atoms with Crippen LogP contribution in [0.5, 0.6) is 0 Å². The van der Waals surface area contributed by atoms with Crippen molar-refractivity contribution in [1.82, 2.24) is 0 Å². The molecule has 0 saturated carbocycles. The zero-order chi connectivity index (χ0) is 15.3. The maximum Gasteiger partial charge on any atom is 0.185 e. The van der Waals surface area contributed by atoms with Crippen LogP contribution in [0, 0.1) is 6.92 Å². The number of rotatable bonds is 6. The lowest BCUT2D eigenvalue weighted by Crippen LogP contribution is -2.22. The third-order valence-electron chi connectivity index (χ3n) is 3.14. The smallest absolute Gasteiger partial charge is 0.185 e. The fourth-order valence-electron chi connectivity index (χ4n) is 1.84. The number of hydrogen-bond donors (Lipinski definition) is 0. The molecule has 20 heavy (non-hydrogen) atoms. The number of hydrogen-bond acceptors (Lipinski definition) is 2. The van der Waals surface area contributed by atoms with E-state index < -0.39 is 15.1 Å². The zero-order valence-corrected chi connectivity index (χ0v) is 13.2. The van der Waals surface area contributed by atoms with Crippen LogP contribution in [0.15, 0.2) is 65.6 Å². The van der Waals surface area contributed by atoms with E-state index in [4.69, 9.17) is 0 Å². The predicted octanol–water partition coefficient (Wildman–Crippen LogP) is 4.24. The Labute approximate surface area is 122 Å². The van der Waals surface area contributed by atoms with Crippen LogP contribution in [-0.2, 0) is 9.84 Å². The van der Waals surface area contributed by atoms with E-state index >= 15 is 0 Å². The van der Waals surface area contributed by atoms with Crippen molar-refractivity contribution in [3.05, 3.63) is 66.3 Å². The van der Waals surface area contributed by atoms with Gasteiger partial charge in [0, 0.05) is 0 Å². The molecule has 0 bridgehead atoms. The number of sulfone groups is 1. The van der Waals surface area contributed by atoms with Gasteiger partial charge in [0.15, 0.2) is 9.84 Å². The van der Waals surface area contributed by atoms with Gasteiger partial charge in [-0.1, -0.05) is 48.6 Å². The zero-order valence-electron chi connectivity index (χ0n) is 12.4. The van der Waals surface area contributed by atoms with E-state index in [1.54, 1.807) is 12.1 Å². The summed E-state index contributed by atoms with van der Waals surface area (Å²) in [7, 11) is -3.44. The van der Waals surface area contributed by atoms with Gasteiger partial charge in [0.1, 0.15) is 0 Å². The normalized spacial score (nSPS) is 12.6. The first-order valence-corrected chi connectivity index (χ1v) is 8.09. The van der Waals surface area contributed by atoms with Gasteiger partial charge in [0.05, 0.1) is 10.1 Å². The summed E-state index contributed by atoms with van der Waals surface area (Å²) in [6, 6.07) is 6.91. The molecule has 1 atom stereocenters. The van der Waals surface area contributed by atoms with Crippen molar-refractivity contribution in [2.45, 2.75) is 37.3 Å². The van der Waals surface area contributed by atoms with E-state index in [1.165, 1.54) is 6.08 Å². The topological polar surface area (TPSA) is 34.1 Å². The Morgan fingerprint density at radius 1 is 1.25 bits per heavy atom. The molecule has 0 N–H and O–H groups in total. The first kappa shape index (κ1) is 16.4. The molecule has 0 aromatic heterocycles. The van der Waals surface area contributed by atoms with Crippen LogP contribution in [0.25, 0.3) is 0 Å². The predicted molar refractivity (Wildman–Crippen MR) is 85.5 cm³/mol. The summed E-state index contributed by atoms with van der Waals surface area (Å²) in [6.07, 6.45) is 3.86. The summed E-state index contributed by atoms with van der Waals surface area (Å²) >= 11 is 0. The largest absolute Gasteiger partial charge is 0.223 e. The second-order valence-electron chi connectivity index (χ2n) is 5.14. The van der Waals surface area contributed by atoms with Crippen LogP contribution in [0.4, 0.5) is 0 Å². The third kappa shape index (κ3) is 3.94. The molecular formula is C17H22O2S. The Kier molecular flexibility index (Phi) is 5.52. The van der Waals surface area contributed by atoms with Crippen molar-refractivity contribution in [2.75, 3.05) is 0 Å². The summed E-state index contributed by atoms with van der Waals surface area (Å²) in [4.78, 5) is 0.332. The van der Waals surface area contributed by atoms with E-state index in [9.17, 15) is 8.42 Å². The van der Waals surface area contributed by atoms with Crippen molar-refractivity contribution >= 4 is 9.84 Å². The fraction of sp³-hybridized carbons (Fsp3) is 0.294. The molecule has 2 nitrogen and oxygen atoms in total. The summed E-state index contributed by atoms with van der Waals surface area (Å²) in [5, 5.41) is -0.655. The van der Waals surface area contributed by atoms with Gasteiger partial charge >= 0.3 is 0 Å². The standard InChI is InChI=1S/C17H22O2S/c1-6-15(5)17(12-7-13(2)3)20(18,19)16-10-8-14(4)9-11-16/h6-11,17H,1,5,12H2,2-4H3. The van der Waals surface area contributed by atoms with Crippen molar-refractivity contribution in [1.29, 1.82) is 0 Å². The SMILES string of the molecule is C=CC(=C)C(CC=C(C)C)S(=O)(=O)c1ccc(C)cc1. The molecule has 1 aromatic rings. The quantitative estimate of drug-likeness (QED) is 0.580. The van der Waals surface area contributed by atoms with E-state index in [2.05, 4.69) is 13.2 Å². The molecule has 1 unspecified atom stereocenters. The molecule has 0 aliphatic rings. The fourth-order valence-corrected chi connectivity index (χ4v) is 3.53. The van der Waals surface area contributed by atoms with E-state index in [0.29, 0.717) is 16.9 Å². The minimum atomic E-state index is -3.44. The monoisotopic (exact) mass is 290 g/mol. The van der Waals surface area contributed by atoms with Crippen molar-refractivity contribution in [3.8, 4) is 0 Å². The van der Waals surface area contributed by atoms with Gasteiger partial charge in [-0.25, -0.2) is 8.42 Å². The average Bonchev–Trinajstić information content (AvgIpc) is 2.38. The van der Waals surface area contributed by atoms with Crippen molar-refractivity contribution in [3.63, 3.8) is 0 Å². The summed E-state index contributed by atoms with van der Waals surface area (Å²) < 4.78 is 25.4. The summed E-state index contributed by atoms with van der Waals surface area (Å²) in [5.74, 6) is 0. The molecule has 0 aliphatic carbocycles. The lowest BCUT2D eigenvalue weighted by molar-refractivity contribution is 0.587. The molecule has 0 amide bonds. The van der Waals surface area contributed by atoms with Gasteiger partial charge in [-0.15, -0.1) is 0 Å². The highest BCUT2D eigenvalue weighted by Crippen LogP contribution is 2.25. The van der Waals surface area contributed by atoms with Crippen LogP contribution in [0.1, 0.15) is 25.8 Å². The van der Waals surface area contributed by atoms with Crippen LogP contribution < -0.4 is 0 Å². The average molecular weight is 290 g/mol. The highest BCUT2D eigenvalue weighted by Gasteiger charge is 2.27. The molecule has 0 saturated heterocycles. The minimum Gasteiger partial charge on any atom is -0.223 e. The third-order valence-corrected chi connectivity index (χ3v) is 5.31. The van der Waals surface area contributed by atoms with Gasteiger partial charge in [0.25, 0.3) is 0 Å². The molecular weight excluding hydrogens is 268 g/mol. The molecule has 0 fully saturated rings. The van der Waals surface area contributed by atoms with Crippen LogP contribution >= 0.6 is 0 Å². The Morgan fingerprint density at radius 3 is 2.25 bits per heavy atom. The van der Waals surface area contributed by atoms with E-state index in [0.717, 1.165) is 11.1 Å². The first-order chi connectivity index (χ1) is 9.28. The van der Waals surface area contributed by atoms with Gasteiger partial charge in [-0.05, 0) is 44.9 Å². The van der Waals surface area contributed by atoms with Crippen LogP contribution in [0.2, 0.25) is 0 Å². The highest BCUT2D eigenvalue weighted by atomic mass is 32.2. The van der Waals surface area contributed by atoms with E-state index in [-0.39, 0.29) is 0 Å². The highest BCUT2D eigenvalue weighted by molar-refractivity contribution is 7.92. The Bertz CT molecular complexity index is 615. The Balaban J connectivity index is 3.23. The lowest BCUT2D eigenvalue weighted by atomic mass is 10.1. The number of aryl methyl sites for hydroxylation is 1. The minimum absolute atomic E-state index is 0.332. The van der Waals surface area contributed by atoms with Gasteiger partial charge in [-0.3, -0.25) is 0 Å². The second kappa shape index (κ2) is 6.71. The Morgan fingerprint density at radius 2 is 1.80 bits per heavy atom. The van der Waals surface area contributed by atoms with Gasteiger partial charge in [0.2, 0.25) is 0 Å². The molecule has 0 radical (unpaired) electrons. The summed E-state index contributed by atoms with van der Waals surface area (Å²) in [5.41, 5.74) is 2.65. The molecule has 0 aliphatic heterocycles. The molecule has 108 valence electrons. The molecule has 3 heteroatoms. The second-order valence-corrected chi connectivity index (χ2v) is 7.27. The van der Waals surface area contributed by atoms with Crippen molar-refractivity contribution in [2.24, 2.45) is 0 Å². The molecule has 0 heterocycles. The van der Waals surface area contributed by atoms with E-state index in [1.807, 2.05) is 39.0 Å². The van der Waals surface area contributed by atoms with Crippen LogP contribution in [-0.4, -0.2) is 13.7 Å². The lowest BCUT2D eigenvalue weighted by Gasteiger charge is -2.17. The number of benzene rings is 1. The number of allylic oxidation sites excluding steroid dienone is 3. The maximum absolute atomic E-state index is 12.7. The van der Waals surface area contributed by atoms with Crippen LogP contribution in [0.3, 0.4) is 0 Å². The van der Waals surface area contributed by atoms with Gasteiger partial charge in [-0.2, -0.15) is 0 Å². The maximum atomic E-state index is 12.7. The van der Waals surface area contributed by atoms with Crippen molar-refractivity contribution < 1.29 is 8.42 Å². The Hall–Kier alpha value is -1.61. The first-order valence-electron chi connectivity index (χ1n) is 6.54. The molecule has 1 aromatic carbocycles. The molecule has 1 rings (SSSR count). The summed E-state index contributed by atoms with van der Waals surface area (Å²) in [6.45, 7) is 13.3. The van der Waals surface area contributed by atoms with Gasteiger partial charge < -0.3 is 0 Å².